The van der Waals surface area contributed by atoms with E-state index in [1.54, 1.807) is 0 Å². The molecule has 0 aromatic rings. The highest BCUT2D eigenvalue weighted by molar-refractivity contribution is 7.88. The first-order valence-electron chi connectivity index (χ1n) is 9.34. The molecule has 1 saturated carbocycles. The summed E-state index contributed by atoms with van der Waals surface area (Å²) in [4.78, 5) is 14.2. The number of carbonyl (C=O) groups excluding carboxylic acids is 1. The van der Waals surface area contributed by atoms with Crippen LogP contribution in [0.4, 0.5) is 0 Å². The number of rotatable bonds is 6. The molecule has 156 valence electrons. The molecule has 0 unspecified atom stereocenters. The Morgan fingerprint density at radius 3 is 1.74 bits per heavy atom. The minimum atomic E-state index is -3.61. The predicted octanol–water partition coefficient (Wildman–Crippen LogP) is -1.91. The molecule has 3 aliphatic rings. The van der Waals surface area contributed by atoms with E-state index in [9.17, 15) is 21.6 Å². The van der Waals surface area contributed by atoms with Gasteiger partial charge in [-0.2, -0.15) is 21.3 Å². The number of hydrogen-bond donors (Lipinski definition) is 1. The highest BCUT2D eigenvalue weighted by atomic mass is 32.2. The van der Waals surface area contributed by atoms with Crippen molar-refractivity contribution in [1.82, 2.24) is 23.1 Å². The van der Waals surface area contributed by atoms with E-state index >= 15 is 0 Å². The summed E-state index contributed by atoms with van der Waals surface area (Å²) in [5.74, 6) is 0.00528. The van der Waals surface area contributed by atoms with Crippen molar-refractivity contribution in [2.24, 2.45) is 0 Å². The van der Waals surface area contributed by atoms with Crippen molar-refractivity contribution in [2.75, 3.05) is 58.6 Å². The van der Waals surface area contributed by atoms with Crippen LogP contribution < -0.4 is 5.32 Å². The SMILES string of the molecule is C[C@@H](C(=O)NC1CC1)N1CCN(S(=O)(=O)N2CCN(S(C)(=O)=O)CC2)CC1. The smallest absolute Gasteiger partial charge is 0.282 e. The van der Waals surface area contributed by atoms with Crippen LogP contribution in [0.1, 0.15) is 19.8 Å². The largest absolute Gasteiger partial charge is 0.352 e. The molecule has 0 aromatic carbocycles. The van der Waals surface area contributed by atoms with Crippen LogP contribution in [0, 0.1) is 0 Å². The van der Waals surface area contributed by atoms with E-state index in [4.69, 9.17) is 0 Å². The van der Waals surface area contributed by atoms with E-state index in [0.717, 1.165) is 19.1 Å². The Morgan fingerprint density at radius 1 is 0.852 bits per heavy atom. The zero-order valence-corrected chi connectivity index (χ0v) is 17.5. The normalized spacial score (nSPS) is 26.0. The van der Waals surface area contributed by atoms with Gasteiger partial charge >= 0.3 is 0 Å². The molecular weight excluding hydrogens is 394 g/mol. The molecule has 2 aliphatic heterocycles. The van der Waals surface area contributed by atoms with Gasteiger partial charge in [0, 0.05) is 58.4 Å². The van der Waals surface area contributed by atoms with Crippen molar-refractivity contribution < 1.29 is 21.6 Å². The van der Waals surface area contributed by atoms with Gasteiger partial charge in [-0.25, -0.2) is 8.42 Å². The van der Waals surface area contributed by atoms with Crippen LogP contribution >= 0.6 is 0 Å². The van der Waals surface area contributed by atoms with Crippen LogP contribution in [0.5, 0.6) is 0 Å². The molecule has 2 heterocycles. The Hall–Kier alpha value is -0.790. The minimum absolute atomic E-state index is 0.00528. The zero-order chi connectivity index (χ0) is 19.8. The third kappa shape index (κ3) is 4.98. The van der Waals surface area contributed by atoms with Crippen LogP contribution in [0.25, 0.3) is 0 Å². The molecule has 12 heteroatoms. The lowest BCUT2D eigenvalue weighted by Gasteiger charge is -2.40. The summed E-state index contributed by atoms with van der Waals surface area (Å²) in [6.07, 6.45) is 3.21. The van der Waals surface area contributed by atoms with Crippen LogP contribution in [0.3, 0.4) is 0 Å². The number of sulfonamides is 1. The lowest BCUT2D eigenvalue weighted by atomic mass is 10.2. The molecule has 0 bridgehead atoms. The number of nitrogens with zero attached hydrogens (tertiary/aromatic N) is 4. The number of hydrogen-bond acceptors (Lipinski definition) is 6. The van der Waals surface area contributed by atoms with Gasteiger partial charge in [-0.1, -0.05) is 0 Å². The Bertz CT molecular complexity index is 751. The number of carbonyl (C=O) groups is 1. The average Bonchev–Trinajstić information content (AvgIpc) is 3.44. The highest BCUT2D eigenvalue weighted by Gasteiger charge is 2.37. The van der Waals surface area contributed by atoms with E-state index in [0.29, 0.717) is 32.2 Å². The first-order valence-corrected chi connectivity index (χ1v) is 12.6. The minimum Gasteiger partial charge on any atom is -0.352 e. The maximum Gasteiger partial charge on any atom is 0.282 e. The van der Waals surface area contributed by atoms with Crippen LogP contribution in [-0.4, -0.2) is 111 Å². The van der Waals surface area contributed by atoms with E-state index in [-0.39, 0.29) is 38.1 Å². The fourth-order valence-corrected chi connectivity index (χ4v) is 5.83. The first-order chi connectivity index (χ1) is 12.6. The maximum atomic E-state index is 12.8. The van der Waals surface area contributed by atoms with Crippen molar-refractivity contribution in [3.63, 3.8) is 0 Å². The van der Waals surface area contributed by atoms with E-state index < -0.39 is 20.2 Å². The van der Waals surface area contributed by atoms with E-state index in [1.807, 2.05) is 11.8 Å². The molecule has 1 atom stereocenters. The predicted molar refractivity (Wildman–Crippen MR) is 101 cm³/mol. The summed E-state index contributed by atoms with van der Waals surface area (Å²) in [7, 11) is -6.91. The average molecular weight is 424 g/mol. The Morgan fingerprint density at radius 2 is 1.30 bits per heavy atom. The fourth-order valence-electron chi connectivity index (χ4n) is 3.43. The third-order valence-electron chi connectivity index (χ3n) is 5.44. The highest BCUT2D eigenvalue weighted by Crippen LogP contribution is 2.20. The maximum absolute atomic E-state index is 12.8. The monoisotopic (exact) mass is 423 g/mol. The molecule has 1 aliphatic carbocycles. The molecule has 3 rings (SSSR count). The summed E-state index contributed by atoms with van der Waals surface area (Å²) in [6, 6.07) is 0.0426. The molecule has 0 radical (unpaired) electrons. The van der Waals surface area contributed by atoms with Crippen molar-refractivity contribution in [2.45, 2.75) is 31.8 Å². The summed E-state index contributed by atoms with van der Waals surface area (Å²) >= 11 is 0. The van der Waals surface area contributed by atoms with E-state index in [2.05, 4.69) is 5.32 Å². The van der Waals surface area contributed by atoms with Gasteiger partial charge in [0.1, 0.15) is 0 Å². The van der Waals surface area contributed by atoms with Crippen LogP contribution in [0.15, 0.2) is 0 Å². The lowest BCUT2D eigenvalue weighted by Crippen LogP contribution is -2.59. The number of amides is 1. The van der Waals surface area contributed by atoms with Gasteiger partial charge in [-0.15, -0.1) is 0 Å². The van der Waals surface area contributed by atoms with Gasteiger partial charge in [-0.05, 0) is 19.8 Å². The Balaban J connectivity index is 1.51. The topological polar surface area (TPSA) is 110 Å². The van der Waals surface area contributed by atoms with Crippen molar-refractivity contribution >= 4 is 26.1 Å². The Labute approximate surface area is 161 Å². The molecule has 3 fully saturated rings. The quantitative estimate of drug-likeness (QED) is 0.534. The zero-order valence-electron chi connectivity index (χ0n) is 15.9. The molecule has 0 aromatic heterocycles. The van der Waals surface area contributed by atoms with Gasteiger partial charge in [-0.3, -0.25) is 9.69 Å². The molecule has 1 N–H and O–H groups in total. The summed E-state index contributed by atoms with van der Waals surface area (Å²) in [5, 5.41) is 2.99. The first kappa shape index (κ1) is 20.9. The summed E-state index contributed by atoms with van der Waals surface area (Å²) < 4.78 is 52.9. The van der Waals surface area contributed by atoms with Gasteiger partial charge in [0.25, 0.3) is 10.2 Å². The van der Waals surface area contributed by atoms with Crippen LogP contribution in [0.2, 0.25) is 0 Å². The second kappa shape index (κ2) is 7.91. The third-order valence-corrected chi connectivity index (χ3v) is 8.78. The fraction of sp³-hybridized carbons (Fsp3) is 0.933. The van der Waals surface area contributed by atoms with Crippen molar-refractivity contribution in [1.29, 1.82) is 0 Å². The van der Waals surface area contributed by atoms with Gasteiger partial charge in [0.15, 0.2) is 0 Å². The molecular formula is C15H29N5O5S2. The van der Waals surface area contributed by atoms with Gasteiger partial charge < -0.3 is 5.32 Å². The van der Waals surface area contributed by atoms with E-state index in [1.165, 1.54) is 12.9 Å². The summed E-state index contributed by atoms with van der Waals surface area (Å²) in [6.45, 7) is 4.19. The molecule has 0 spiro atoms. The number of nitrogens with one attached hydrogen (secondary N) is 1. The summed E-state index contributed by atoms with van der Waals surface area (Å²) in [5.41, 5.74) is 0. The second-order valence-corrected chi connectivity index (χ2v) is 11.4. The Kier molecular flexibility index (Phi) is 6.14. The van der Waals surface area contributed by atoms with Gasteiger partial charge in [0.05, 0.1) is 12.3 Å². The second-order valence-electron chi connectivity index (χ2n) is 7.46. The van der Waals surface area contributed by atoms with Crippen molar-refractivity contribution in [3.8, 4) is 0 Å². The molecule has 27 heavy (non-hydrogen) atoms. The standard InChI is InChI=1S/C15H29N5O5S2/c1-13(15(21)16-14-3-4-14)17-5-7-19(8-6-17)27(24,25)20-11-9-18(10-12-20)26(2,22)23/h13-14H,3-12H2,1-2H3,(H,16,21)/t13-/m0/s1. The number of piperazine rings is 2. The lowest BCUT2D eigenvalue weighted by molar-refractivity contribution is -0.126. The van der Waals surface area contributed by atoms with Crippen molar-refractivity contribution in [3.05, 3.63) is 0 Å². The van der Waals surface area contributed by atoms with Gasteiger partial charge in [0.2, 0.25) is 15.9 Å². The van der Waals surface area contributed by atoms with Crippen LogP contribution in [-0.2, 0) is 25.0 Å². The molecule has 10 nitrogen and oxygen atoms in total. The molecule has 1 amide bonds. The molecule has 2 saturated heterocycles.